The number of hydrogen-bond donors (Lipinski definition) is 1. The van der Waals surface area contributed by atoms with Gasteiger partial charge in [-0.3, -0.25) is 19.2 Å². The minimum Gasteiger partial charge on any atom is -0.463 e. The minimum absolute atomic E-state index is 0.262. The standard InChI is InChI=1S/C18H29NO9/c1-9(20)19-14-16(26-12(4)23)15(25-11(3)22)13(8-24-10(2)21)27-17(14)28-18(5,6)7/h13-17H,8H2,1-7H3,(H,19,20). The van der Waals surface area contributed by atoms with Gasteiger partial charge < -0.3 is 29.0 Å². The summed E-state index contributed by atoms with van der Waals surface area (Å²) in [4.78, 5) is 46.3. The van der Waals surface area contributed by atoms with Gasteiger partial charge in [0.1, 0.15) is 18.8 Å². The third kappa shape index (κ3) is 7.81. The number of hydrogen-bond acceptors (Lipinski definition) is 9. The fourth-order valence-electron chi connectivity index (χ4n) is 2.74. The summed E-state index contributed by atoms with van der Waals surface area (Å²) in [5.74, 6) is -2.30. The van der Waals surface area contributed by atoms with E-state index in [2.05, 4.69) is 5.32 Å². The Labute approximate surface area is 164 Å². The number of carbonyl (C=O) groups is 4. The first kappa shape index (κ1) is 23.8. The predicted molar refractivity (Wildman–Crippen MR) is 94.8 cm³/mol. The Bertz CT molecular complexity index is 598. The predicted octanol–water partition coefficient (Wildman–Crippen LogP) is 0.458. The van der Waals surface area contributed by atoms with Crippen LogP contribution in [0.2, 0.25) is 0 Å². The van der Waals surface area contributed by atoms with E-state index in [1.165, 1.54) is 27.7 Å². The van der Waals surface area contributed by atoms with Crippen LogP contribution in [0.5, 0.6) is 0 Å². The lowest BCUT2D eigenvalue weighted by Crippen LogP contribution is -2.67. The average molecular weight is 403 g/mol. The second-order valence-corrected chi connectivity index (χ2v) is 7.45. The van der Waals surface area contributed by atoms with Crippen molar-refractivity contribution in [2.75, 3.05) is 6.61 Å². The summed E-state index contributed by atoms with van der Waals surface area (Å²) in [6.07, 6.45) is -4.28. The Morgan fingerprint density at radius 3 is 1.86 bits per heavy atom. The van der Waals surface area contributed by atoms with Gasteiger partial charge in [-0.05, 0) is 20.8 Å². The Balaban J connectivity index is 3.33. The van der Waals surface area contributed by atoms with Crippen LogP contribution in [0.1, 0.15) is 48.5 Å². The van der Waals surface area contributed by atoms with E-state index in [0.29, 0.717) is 0 Å². The first-order chi connectivity index (χ1) is 12.8. The van der Waals surface area contributed by atoms with Crippen molar-refractivity contribution < 1.29 is 42.9 Å². The molecule has 1 saturated heterocycles. The van der Waals surface area contributed by atoms with Crippen LogP contribution in [-0.2, 0) is 42.9 Å². The summed E-state index contributed by atoms with van der Waals surface area (Å²) in [5.41, 5.74) is -0.678. The van der Waals surface area contributed by atoms with E-state index >= 15 is 0 Å². The van der Waals surface area contributed by atoms with Crippen molar-refractivity contribution >= 4 is 23.8 Å². The zero-order valence-electron chi connectivity index (χ0n) is 17.3. The van der Waals surface area contributed by atoms with E-state index in [4.69, 9.17) is 23.7 Å². The van der Waals surface area contributed by atoms with Crippen molar-refractivity contribution in [1.82, 2.24) is 5.32 Å². The molecule has 10 nitrogen and oxygen atoms in total. The molecule has 160 valence electrons. The van der Waals surface area contributed by atoms with Crippen molar-refractivity contribution in [2.24, 2.45) is 0 Å². The van der Waals surface area contributed by atoms with Crippen molar-refractivity contribution in [3.05, 3.63) is 0 Å². The van der Waals surface area contributed by atoms with Crippen molar-refractivity contribution in [1.29, 1.82) is 0 Å². The summed E-state index contributed by atoms with van der Waals surface area (Å²) in [5, 5.41) is 2.63. The van der Waals surface area contributed by atoms with Gasteiger partial charge in [-0.15, -0.1) is 0 Å². The molecule has 1 rings (SSSR count). The Morgan fingerprint density at radius 2 is 1.43 bits per heavy atom. The molecule has 0 bridgehead atoms. The number of rotatable bonds is 6. The molecule has 1 amide bonds. The molecule has 1 N–H and O–H groups in total. The van der Waals surface area contributed by atoms with E-state index in [1.807, 2.05) is 0 Å². The van der Waals surface area contributed by atoms with Crippen LogP contribution in [0.25, 0.3) is 0 Å². The first-order valence-corrected chi connectivity index (χ1v) is 8.88. The van der Waals surface area contributed by atoms with Gasteiger partial charge in [0.2, 0.25) is 5.91 Å². The zero-order chi connectivity index (χ0) is 21.6. The Kier molecular flexibility index (Phi) is 8.37. The highest BCUT2D eigenvalue weighted by atomic mass is 16.7. The monoisotopic (exact) mass is 403 g/mol. The van der Waals surface area contributed by atoms with Gasteiger partial charge in [-0.1, -0.05) is 0 Å². The lowest BCUT2D eigenvalue weighted by molar-refractivity contribution is -0.297. The highest BCUT2D eigenvalue weighted by Gasteiger charge is 2.52. The molecule has 0 saturated carbocycles. The molecule has 10 heteroatoms. The summed E-state index contributed by atoms with van der Waals surface area (Å²) in [6, 6.07) is -0.960. The van der Waals surface area contributed by atoms with E-state index in [-0.39, 0.29) is 6.61 Å². The van der Waals surface area contributed by atoms with Crippen molar-refractivity contribution in [3.63, 3.8) is 0 Å². The molecule has 1 aliphatic heterocycles. The largest absolute Gasteiger partial charge is 0.463 e. The maximum Gasteiger partial charge on any atom is 0.303 e. The van der Waals surface area contributed by atoms with Crippen molar-refractivity contribution in [2.45, 2.75) is 84.7 Å². The fraction of sp³-hybridized carbons (Fsp3) is 0.778. The number of carbonyl (C=O) groups excluding carboxylic acids is 4. The van der Waals surface area contributed by atoms with Gasteiger partial charge in [-0.25, -0.2) is 0 Å². The second-order valence-electron chi connectivity index (χ2n) is 7.45. The number of amides is 1. The summed E-state index contributed by atoms with van der Waals surface area (Å²) >= 11 is 0. The molecule has 0 aromatic heterocycles. The van der Waals surface area contributed by atoms with Crippen LogP contribution in [0.15, 0.2) is 0 Å². The molecule has 0 radical (unpaired) electrons. The third-order valence-corrected chi connectivity index (χ3v) is 3.54. The fourth-order valence-corrected chi connectivity index (χ4v) is 2.74. The lowest BCUT2D eigenvalue weighted by atomic mass is 9.95. The van der Waals surface area contributed by atoms with E-state index in [9.17, 15) is 19.2 Å². The van der Waals surface area contributed by atoms with Gasteiger partial charge in [0, 0.05) is 27.7 Å². The summed E-state index contributed by atoms with van der Waals surface area (Å²) in [7, 11) is 0. The van der Waals surface area contributed by atoms with Crippen LogP contribution in [-0.4, -0.2) is 66.7 Å². The van der Waals surface area contributed by atoms with Crippen LogP contribution in [0.3, 0.4) is 0 Å². The molecule has 1 fully saturated rings. The molecule has 0 spiro atoms. The molecule has 1 aliphatic rings. The normalized spacial score (nSPS) is 27.5. The molecule has 1 heterocycles. The minimum atomic E-state index is -1.13. The summed E-state index contributed by atoms with van der Waals surface area (Å²) < 4.78 is 27.4. The molecule has 0 aliphatic carbocycles. The maximum absolute atomic E-state index is 11.7. The highest BCUT2D eigenvalue weighted by molar-refractivity contribution is 5.73. The number of nitrogens with one attached hydrogen (secondary N) is 1. The molecular formula is C18H29NO9. The molecule has 0 aromatic carbocycles. The van der Waals surface area contributed by atoms with E-state index in [1.54, 1.807) is 20.8 Å². The Hall–Kier alpha value is -2.20. The van der Waals surface area contributed by atoms with Gasteiger partial charge in [0.05, 0.1) is 5.60 Å². The highest BCUT2D eigenvalue weighted by Crippen LogP contribution is 2.30. The molecule has 0 aromatic rings. The SMILES string of the molecule is CC(=O)NC1C(OC(C)(C)C)OC(COC(C)=O)C(OC(C)=O)C1OC(C)=O. The van der Waals surface area contributed by atoms with Crippen molar-refractivity contribution in [3.8, 4) is 0 Å². The van der Waals surface area contributed by atoms with Crippen LogP contribution >= 0.6 is 0 Å². The van der Waals surface area contributed by atoms with Crippen LogP contribution in [0, 0.1) is 0 Å². The topological polar surface area (TPSA) is 126 Å². The molecular weight excluding hydrogens is 374 g/mol. The smallest absolute Gasteiger partial charge is 0.303 e. The maximum atomic E-state index is 11.7. The van der Waals surface area contributed by atoms with E-state index in [0.717, 1.165) is 0 Å². The average Bonchev–Trinajstić information content (AvgIpc) is 2.48. The molecule has 28 heavy (non-hydrogen) atoms. The van der Waals surface area contributed by atoms with Gasteiger partial charge in [0.25, 0.3) is 0 Å². The van der Waals surface area contributed by atoms with Crippen LogP contribution < -0.4 is 5.32 Å². The second kappa shape index (κ2) is 9.83. The number of esters is 3. The van der Waals surface area contributed by atoms with Crippen LogP contribution in [0.4, 0.5) is 0 Å². The van der Waals surface area contributed by atoms with Gasteiger partial charge in [0.15, 0.2) is 18.5 Å². The molecule has 5 unspecified atom stereocenters. The quantitative estimate of drug-likeness (QED) is 0.497. The van der Waals surface area contributed by atoms with E-state index < -0.39 is 60.1 Å². The lowest BCUT2D eigenvalue weighted by Gasteiger charge is -2.46. The number of ether oxygens (including phenoxy) is 5. The van der Waals surface area contributed by atoms with Gasteiger partial charge >= 0.3 is 17.9 Å². The zero-order valence-corrected chi connectivity index (χ0v) is 17.3. The van der Waals surface area contributed by atoms with Gasteiger partial charge in [-0.2, -0.15) is 0 Å². The third-order valence-electron chi connectivity index (χ3n) is 3.54. The molecule has 5 atom stereocenters. The Morgan fingerprint density at radius 1 is 0.893 bits per heavy atom. The summed E-state index contributed by atoms with van der Waals surface area (Å²) in [6.45, 7) is 9.94. The first-order valence-electron chi connectivity index (χ1n) is 8.88.